The second-order valence-electron chi connectivity index (χ2n) is 6.78. The van der Waals surface area contributed by atoms with Gasteiger partial charge in [0.25, 0.3) is 0 Å². The fourth-order valence-electron chi connectivity index (χ4n) is 3.48. The summed E-state index contributed by atoms with van der Waals surface area (Å²) in [6.07, 6.45) is 2.02. The van der Waals surface area contributed by atoms with Crippen LogP contribution in [0, 0.1) is 0 Å². The van der Waals surface area contributed by atoms with Gasteiger partial charge >= 0.3 is 5.97 Å². The first-order valence-corrected chi connectivity index (χ1v) is 10.6. The summed E-state index contributed by atoms with van der Waals surface area (Å²) in [5.74, 6) is -1.19. The Kier molecular flexibility index (Phi) is 5.68. The summed E-state index contributed by atoms with van der Waals surface area (Å²) in [5, 5.41) is 2.89. The lowest BCUT2D eigenvalue weighted by atomic mass is 9.90. The molecule has 1 heterocycles. The fourth-order valence-corrected chi connectivity index (χ4v) is 3.89. The highest BCUT2D eigenvalue weighted by atomic mass is 32.2. The van der Waals surface area contributed by atoms with Crippen molar-refractivity contribution in [1.29, 1.82) is 0 Å². The minimum Gasteiger partial charge on any atom is -0.465 e. The van der Waals surface area contributed by atoms with E-state index in [9.17, 15) is 9.59 Å². The molecule has 1 aliphatic heterocycles. The molecule has 5 nitrogen and oxygen atoms in total. The molecule has 150 valence electrons. The Morgan fingerprint density at radius 2 is 1.73 bits per heavy atom. The van der Waals surface area contributed by atoms with Gasteiger partial charge in [-0.3, -0.25) is 9.79 Å². The van der Waals surface area contributed by atoms with E-state index in [0.29, 0.717) is 17.0 Å². The van der Waals surface area contributed by atoms with Crippen LogP contribution in [0.1, 0.15) is 27.4 Å². The molecule has 0 spiro atoms. The summed E-state index contributed by atoms with van der Waals surface area (Å²) in [4.78, 5) is 30.9. The van der Waals surface area contributed by atoms with E-state index < -0.39 is 11.9 Å². The zero-order valence-corrected chi connectivity index (χ0v) is 17.4. The summed E-state index contributed by atoms with van der Waals surface area (Å²) < 4.78 is 4.79. The van der Waals surface area contributed by atoms with E-state index in [1.165, 1.54) is 7.11 Å². The lowest BCUT2D eigenvalue weighted by Gasteiger charge is -2.14. The fraction of sp³-hybridized carbons (Fsp3) is 0.125. The molecule has 0 aromatic heterocycles. The van der Waals surface area contributed by atoms with Gasteiger partial charge in [0.1, 0.15) is 5.92 Å². The standard InChI is InChI=1S/C24H20N2O3S/c1-29-24(28)16-8-13-19-20(14-16)26-23(27)21(19)22(15-6-4-3-5-7-15)25-17-9-11-18(30-2)12-10-17/h3-14,21H,1-2H3,(H,26,27). The number of methoxy groups -OCH3 is 1. The van der Waals surface area contributed by atoms with Crippen LogP contribution in [0.4, 0.5) is 11.4 Å². The van der Waals surface area contributed by atoms with E-state index >= 15 is 0 Å². The maximum atomic E-state index is 13.0. The largest absolute Gasteiger partial charge is 0.465 e. The van der Waals surface area contributed by atoms with Gasteiger partial charge in [-0.25, -0.2) is 4.79 Å². The van der Waals surface area contributed by atoms with E-state index in [4.69, 9.17) is 9.73 Å². The number of anilines is 1. The van der Waals surface area contributed by atoms with Crippen LogP contribution in [-0.2, 0) is 9.53 Å². The van der Waals surface area contributed by atoms with E-state index in [2.05, 4.69) is 5.32 Å². The number of esters is 1. The van der Waals surface area contributed by atoms with Gasteiger partial charge in [-0.1, -0.05) is 36.4 Å². The molecule has 30 heavy (non-hydrogen) atoms. The van der Waals surface area contributed by atoms with Crippen LogP contribution in [-0.4, -0.2) is 31.0 Å². The number of hydrogen-bond donors (Lipinski definition) is 1. The van der Waals surface area contributed by atoms with Crippen molar-refractivity contribution in [1.82, 2.24) is 0 Å². The van der Waals surface area contributed by atoms with Crippen LogP contribution < -0.4 is 5.32 Å². The number of nitrogens with one attached hydrogen (secondary N) is 1. The Labute approximate surface area is 179 Å². The van der Waals surface area contributed by atoms with Crippen molar-refractivity contribution in [2.75, 3.05) is 18.7 Å². The molecule has 3 aromatic carbocycles. The highest BCUT2D eigenvalue weighted by Gasteiger charge is 2.35. The molecular formula is C24H20N2O3S. The lowest BCUT2D eigenvalue weighted by Crippen LogP contribution is -2.21. The second kappa shape index (κ2) is 8.55. The number of fused-ring (bicyclic) bond motifs is 1. The molecule has 0 saturated carbocycles. The number of carbonyl (C=O) groups is 2. The molecule has 1 unspecified atom stereocenters. The number of carbonyl (C=O) groups excluding carboxylic acids is 2. The zero-order chi connectivity index (χ0) is 21.1. The monoisotopic (exact) mass is 416 g/mol. The molecule has 0 fully saturated rings. The van der Waals surface area contributed by atoms with Gasteiger partial charge in [0.2, 0.25) is 5.91 Å². The van der Waals surface area contributed by atoms with Gasteiger partial charge in [-0.15, -0.1) is 11.8 Å². The minimum absolute atomic E-state index is 0.171. The third-order valence-electron chi connectivity index (χ3n) is 4.97. The summed E-state index contributed by atoms with van der Waals surface area (Å²) in [5.41, 5.74) is 4.10. The number of nitrogens with zero attached hydrogens (tertiary/aromatic N) is 1. The Bertz CT molecular complexity index is 1120. The summed E-state index contributed by atoms with van der Waals surface area (Å²) in [6, 6.07) is 22.7. The highest BCUT2D eigenvalue weighted by molar-refractivity contribution is 7.98. The normalized spacial score (nSPS) is 15.5. The van der Waals surface area contributed by atoms with Crippen LogP contribution in [0.2, 0.25) is 0 Å². The van der Waals surface area contributed by atoms with Crippen molar-refractivity contribution < 1.29 is 14.3 Å². The summed E-state index contributed by atoms with van der Waals surface area (Å²) in [6.45, 7) is 0. The molecule has 0 bridgehead atoms. The molecule has 1 aliphatic rings. The average Bonchev–Trinajstić information content (AvgIpc) is 3.12. The van der Waals surface area contributed by atoms with Crippen LogP contribution in [0.3, 0.4) is 0 Å². The molecule has 1 amide bonds. The van der Waals surface area contributed by atoms with Gasteiger partial charge < -0.3 is 10.1 Å². The van der Waals surface area contributed by atoms with E-state index in [0.717, 1.165) is 21.7 Å². The Morgan fingerprint density at radius 1 is 1.00 bits per heavy atom. The van der Waals surface area contributed by atoms with Gasteiger partial charge in [0.05, 0.1) is 24.1 Å². The number of thioether (sulfide) groups is 1. The first kappa shape index (κ1) is 19.9. The molecule has 0 saturated heterocycles. The van der Waals surface area contributed by atoms with Crippen LogP contribution >= 0.6 is 11.8 Å². The van der Waals surface area contributed by atoms with Gasteiger partial charge in [0, 0.05) is 10.6 Å². The first-order valence-electron chi connectivity index (χ1n) is 9.42. The minimum atomic E-state index is -0.575. The zero-order valence-electron chi connectivity index (χ0n) is 16.6. The Balaban J connectivity index is 1.81. The molecular weight excluding hydrogens is 396 g/mol. The second-order valence-corrected chi connectivity index (χ2v) is 7.66. The lowest BCUT2D eigenvalue weighted by molar-refractivity contribution is -0.115. The number of amides is 1. The number of rotatable bonds is 5. The van der Waals surface area contributed by atoms with E-state index in [1.807, 2.05) is 60.9 Å². The molecule has 3 aromatic rings. The van der Waals surface area contributed by atoms with Crippen LogP contribution in [0.15, 0.2) is 82.7 Å². The molecule has 6 heteroatoms. The highest BCUT2D eigenvalue weighted by Crippen LogP contribution is 2.37. The van der Waals surface area contributed by atoms with Crippen molar-refractivity contribution in [3.63, 3.8) is 0 Å². The third-order valence-corrected chi connectivity index (χ3v) is 5.71. The van der Waals surface area contributed by atoms with Gasteiger partial charge in [-0.05, 0) is 53.8 Å². The van der Waals surface area contributed by atoms with Crippen molar-refractivity contribution >= 4 is 40.7 Å². The van der Waals surface area contributed by atoms with E-state index in [1.54, 1.807) is 30.0 Å². The number of benzene rings is 3. The van der Waals surface area contributed by atoms with Crippen molar-refractivity contribution in [2.24, 2.45) is 4.99 Å². The number of ether oxygens (including phenoxy) is 1. The van der Waals surface area contributed by atoms with Crippen molar-refractivity contribution in [2.45, 2.75) is 10.8 Å². The molecule has 0 radical (unpaired) electrons. The Morgan fingerprint density at radius 3 is 2.40 bits per heavy atom. The molecule has 4 rings (SSSR count). The first-order chi connectivity index (χ1) is 14.6. The van der Waals surface area contributed by atoms with Gasteiger partial charge in [0.15, 0.2) is 0 Å². The number of aliphatic imine (C=N–C) groups is 1. The summed E-state index contributed by atoms with van der Waals surface area (Å²) >= 11 is 1.66. The number of hydrogen-bond acceptors (Lipinski definition) is 5. The third kappa shape index (κ3) is 3.86. The molecule has 1 atom stereocenters. The molecule has 0 aliphatic carbocycles. The topological polar surface area (TPSA) is 67.8 Å². The average molecular weight is 417 g/mol. The van der Waals surface area contributed by atoms with Crippen molar-refractivity contribution in [3.8, 4) is 0 Å². The quantitative estimate of drug-likeness (QED) is 0.359. The Hall–Kier alpha value is -3.38. The van der Waals surface area contributed by atoms with Crippen LogP contribution in [0.5, 0.6) is 0 Å². The molecule has 1 N–H and O–H groups in total. The smallest absolute Gasteiger partial charge is 0.337 e. The predicted molar refractivity (Wildman–Crippen MR) is 120 cm³/mol. The maximum absolute atomic E-state index is 13.0. The van der Waals surface area contributed by atoms with Crippen molar-refractivity contribution in [3.05, 3.63) is 89.5 Å². The SMILES string of the molecule is COC(=O)c1ccc2c(c1)NC(=O)C2C(=Nc1ccc(SC)cc1)c1ccccc1. The predicted octanol–water partition coefficient (Wildman–Crippen LogP) is 5.05. The van der Waals surface area contributed by atoms with E-state index in [-0.39, 0.29) is 5.91 Å². The summed E-state index contributed by atoms with van der Waals surface area (Å²) in [7, 11) is 1.33. The van der Waals surface area contributed by atoms with Gasteiger partial charge in [-0.2, -0.15) is 0 Å². The van der Waals surface area contributed by atoms with Crippen LogP contribution in [0.25, 0.3) is 0 Å². The maximum Gasteiger partial charge on any atom is 0.337 e.